The molecule has 0 spiro atoms. The molecular formula is C16H18ClNO2S. The Balaban J connectivity index is 1.61. The zero-order chi connectivity index (χ0) is 14.7. The maximum absolute atomic E-state index is 6.25. The number of nitrogens with one attached hydrogen (secondary N) is 1. The second kappa shape index (κ2) is 6.69. The molecular weight excluding hydrogens is 306 g/mol. The third kappa shape index (κ3) is 3.70. The molecule has 0 amide bonds. The lowest BCUT2D eigenvalue weighted by Gasteiger charge is -2.21. The highest BCUT2D eigenvalue weighted by Crippen LogP contribution is 2.38. The lowest BCUT2D eigenvalue weighted by atomic mass is 10.1. The largest absolute Gasteiger partial charge is 0.486 e. The summed E-state index contributed by atoms with van der Waals surface area (Å²) in [5.41, 5.74) is 1.11. The van der Waals surface area contributed by atoms with Crippen LogP contribution >= 0.6 is 22.9 Å². The van der Waals surface area contributed by atoms with Crippen molar-refractivity contribution < 1.29 is 9.47 Å². The van der Waals surface area contributed by atoms with Gasteiger partial charge in [0.1, 0.15) is 13.2 Å². The topological polar surface area (TPSA) is 30.5 Å². The van der Waals surface area contributed by atoms with Gasteiger partial charge in [-0.3, -0.25) is 0 Å². The third-order valence-electron chi connectivity index (χ3n) is 3.40. The lowest BCUT2D eigenvalue weighted by Crippen LogP contribution is -2.27. The first-order valence-corrected chi connectivity index (χ1v) is 8.32. The molecule has 1 aromatic heterocycles. The quantitative estimate of drug-likeness (QED) is 0.905. The van der Waals surface area contributed by atoms with Crippen LogP contribution in [0.15, 0.2) is 29.6 Å². The van der Waals surface area contributed by atoms with Gasteiger partial charge in [-0.1, -0.05) is 17.7 Å². The summed E-state index contributed by atoms with van der Waals surface area (Å²) in [6.45, 7) is 4.10. The summed E-state index contributed by atoms with van der Waals surface area (Å²) < 4.78 is 11.1. The highest BCUT2D eigenvalue weighted by molar-refractivity contribution is 7.09. The molecule has 0 fully saturated rings. The molecule has 1 aliphatic heterocycles. The molecule has 0 radical (unpaired) electrons. The predicted molar refractivity (Wildman–Crippen MR) is 86.8 cm³/mol. The Morgan fingerprint density at radius 2 is 2.19 bits per heavy atom. The van der Waals surface area contributed by atoms with Crippen LogP contribution in [0.4, 0.5) is 0 Å². The Labute approximate surface area is 133 Å². The van der Waals surface area contributed by atoms with Gasteiger partial charge in [0.05, 0.1) is 5.02 Å². The van der Waals surface area contributed by atoms with Crippen LogP contribution in [-0.2, 0) is 13.0 Å². The van der Waals surface area contributed by atoms with Crippen LogP contribution in [0.5, 0.6) is 11.5 Å². The molecule has 112 valence electrons. The van der Waals surface area contributed by atoms with E-state index < -0.39 is 0 Å². The van der Waals surface area contributed by atoms with Crippen LogP contribution in [0, 0.1) is 0 Å². The van der Waals surface area contributed by atoms with Crippen molar-refractivity contribution in [2.45, 2.75) is 25.9 Å². The molecule has 2 heterocycles. The van der Waals surface area contributed by atoms with Crippen molar-refractivity contribution in [3.8, 4) is 11.5 Å². The van der Waals surface area contributed by atoms with Crippen LogP contribution in [-0.4, -0.2) is 19.3 Å². The first-order valence-electron chi connectivity index (χ1n) is 7.06. The number of hydrogen-bond donors (Lipinski definition) is 1. The van der Waals surface area contributed by atoms with Gasteiger partial charge < -0.3 is 14.8 Å². The van der Waals surface area contributed by atoms with E-state index in [1.54, 1.807) is 11.3 Å². The summed E-state index contributed by atoms with van der Waals surface area (Å²) in [6.07, 6.45) is 1.04. The van der Waals surface area contributed by atoms with E-state index >= 15 is 0 Å². The fourth-order valence-electron chi connectivity index (χ4n) is 2.36. The van der Waals surface area contributed by atoms with Crippen molar-refractivity contribution in [1.82, 2.24) is 5.32 Å². The standard InChI is InChI=1S/C16H18ClNO2S/c1-11(7-13-3-2-6-21-13)18-10-12-8-14(17)16-15(9-12)19-4-5-20-16/h2-3,6,8-9,11,18H,4-5,7,10H2,1H3. The number of thiophene rings is 1. The van der Waals surface area contributed by atoms with Crippen LogP contribution < -0.4 is 14.8 Å². The molecule has 0 aliphatic carbocycles. The molecule has 1 atom stereocenters. The summed E-state index contributed by atoms with van der Waals surface area (Å²) >= 11 is 8.04. The summed E-state index contributed by atoms with van der Waals surface area (Å²) in [6, 6.07) is 8.62. The summed E-state index contributed by atoms with van der Waals surface area (Å²) in [4.78, 5) is 1.40. The highest BCUT2D eigenvalue weighted by atomic mass is 35.5. The van der Waals surface area contributed by atoms with E-state index in [-0.39, 0.29) is 0 Å². The minimum Gasteiger partial charge on any atom is -0.486 e. The maximum Gasteiger partial charge on any atom is 0.179 e. The summed E-state index contributed by atoms with van der Waals surface area (Å²) in [5, 5.41) is 6.26. The van der Waals surface area contributed by atoms with Gasteiger partial charge in [0.15, 0.2) is 11.5 Å². The average Bonchev–Trinajstić information content (AvgIpc) is 2.98. The van der Waals surface area contributed by atoms with Crippen molar-refractivity contribution in [3.05, 3.63) is 45.1 Å². The highest BCUT2D eigenvalue weighted by Gasteiger charge is 2.16. The number of rotatable bonds is 5. The van der Waals surface area contributed by atoms with Crippen LogP contribution in [0.3, 0.4) is 0 Å². The molecule has 1 unspecified atom stereocenters. The Bertz CT molecular complexity index is 601. The summed E-state index contributed by atoms with van der Waals surface area (Å²) in [5.74, 6) is 1.41. The third-order valence-corrected chi connectivity index (χ3v) is 4.58. The van der Waals surface area contributed by atoms with Crippen molar-refractivity contribution in [2.24, 2.45) is 0 Å². The monoisotopic (exact) mass is 323 g/mol. The predicted octanol–water partition coefficient (Wildman–Crippen LogP) is 3.89. The number of halogens is 1. The fraction of sp³-hybridized carbons (Fsp3) is 0.375. The van der Waals surface area contributed by atoms with E-state index in [1.807, 2.05) is 12.1 Å². The number of fused-ring (bicyclic) bond motifs is 1. The first-order chi connectivity index (χ1) is 10.2. The Hall–Kier alpha value is -1.23. The SMILES string of the molecule is CC(Cc1cccs1)NCc1cc(Cl)c2c(c1)OCCO2. The first kappa shape index (κ1) is 14.7. The van der Waals surface area contributed by atoms with Crippen LogP contribution in [0.1, 0.15) is 17.4 Å². The molecule has 1 aromatic carbocycles. The van der Waals surface area contributed by atoms with Crippen molar-refractivity contribution in [1.29, 1.82) is 0 Å². The van der Waals surface area contributed by atoms with E-state index in [0.717, 1.165) is 24.3 Å². The Kier molecular flexibility index (Phi) is 4.68. The van der Waals surface area contributed by atoms with Gasteiger partial charge in [-0.15, -0.1) is 11.3 Å². The van der Waals surface area contributed by atoms with Gasteiger partial charge in [0.25, 0.3) is 0 Å². The summed E-state index contributed by atoms with van der Waals surface area (Å²) in [7, 11) is 0. The van der Waals surface area contributed by atoms with E-state index in [4.69, 9.17) is 21.1 Å². The van der Waals surface area contributed by atoms with Crippen molar-refractivity contribution in [3.63, 3.8) is 0 Å². The van der Waals surface area contributed by atoms with Gasteiger partial charge in [-0.25, -0.2) is 0 Å². The van der Waals surface area contributed by atoms with Gasteiger partial charge in [-0.05, 0) is 42.5 Å². The van der Waals surface area contributed by atoms with Gasteiger partial charge in [0, 0.05) is 17.5 Å². The second-order valence-electron chi connectivity index (χ2n) is 5.17. The number of benzene rings is 1. The zero-order valence-corrected chi connectivity index (χ0v) is 13.5. The smallest absolute Gasteiger partial charge is 0.179 e. The van der Waals surface area contributed by atoms with Gasteiger partial charge >= 0.3 is 0 Å². The Morgan fingerprint density at radius 1 is 1.33 bits per heavy atom. The van der Waals surface area contributed by atoms with E-state index in [2.05, 4.69) is 29.8 Å². The van der Waals surface area contributed by atoms with Crippen LogP contribution in [0.2, 0.25) is 5.02 Å². The van der Waals surface area contributed by atoms with Gasteiger partial charge in [0.2, 0.25) is 0 Å². The zero-order valence-electron chi connectivity index (χ0n) is 11.9. The van der Waals surface area contributed by atoms with E-state index in [1.165, 1.54) is 4.88 Å². The molecule has 0 saturated carbocycles. The van der Waals surface area contributed by atoms with Crippen molar-refractivity contribution in [2.75, 3.05) is 13.2 Å². The molecule has 3 rings (SSSR count). The molecule has 5 heteroatoms. The molecule has 3 nitrogen and oxygen atoms in total. The maximum atomic E-state index is 6.25. The molecule has 0 saturated heterocycles. The molecule has 0 bridgehead atoms. The minimum atomic E-state index is 0.413. The van der Waals surface area contributed by atoms with Crippen molar-refractivity contribution >= 4 is 22.9 Å². The molecule has 21 heavy (non-hydrogen) atoms. The number of ether oxygens (including phenoxy) is 2. The van der Waals surface area contributed by atoms with Gasteiger partial charge in [-0.2, -0.15) is 0 Å². The van der Waals surface area contributed by atoms with E-state index in [9.17, 15) is 0 Å². The number of hydrogen-bond acceptors (Lipinski definition) is 4. The van der Waals surface area contributed by atoms with Crippen LogP contribution in [0.25, 0.3) is 0 Å². The Morgan fingerprint density at radius 3 is 3.00 bits per heavy atom. The normalized spacial score (nSPS) is 15.0. The molecule has 1 N–H and O–H groups in total. The average molecular weight is 324 g/mol. The second-order valence-corrected chi connectivity index (χ2v) is 6.61. The molecule has 2 aromatic rings. The minimum absolute atomic E-state index is 0.413. The van der Waals surface area contributed by atoms with E-state index in [0.29, 0.717) is 30.0 Å². The molecule has 1 aliphatic rings. The lowest BCUT2D eigenvalue weighted by molar-refractivity contribution is 0.171. The fourth-order valence-corrected chi connectivity index (χ4v) is 3.48.